The number of benzene rings is 2. The summed E-state index contributed by atoms with van der Waals surface area (Å²) < 4.78 is 0. The first-order chi connectivity index (χ1) is 14.4. The molecule has 0 saturated carbocycles. The highest BCUT2D eigenvalue weighted by atomic mass is 15.2. The summed E-state index contributed by atoms with van der Waals surface area (Å²) in [6.45, 7) is 1.53. The highest BCUT2D eigenvalue weighted by Gasteiger charge is 2.22. The number of hydrogen-bond acceptors (Lipinski definition) is 5. The van der Waals surface area contributed by atoms with E-state index in [1.165, 1.54) is 11.3 Å². The fraction of sp³-hybridized carbons (Fsp3) is 0.125. The molecule has 1 aliphatic heterocycles. The monoisotopic (exact) mass is 379 g/mol. The lowest BCUT2D eigenvalue weighted by atomic mass is 10.2. The van der Waals surface area contributed by atoms with Crippen LogP contribution in [0.3, 0.4) is 0 Å². The molecule has 1 N–H and O–H groups in total. The van der Waals surface area contributed by atoms with E-state index in [2.05, 4.69) is 39.5 Å². The third kappa shape index (κ3) is 3.67. The van der Waals surface area contributed by atoms with E-state index in [9.17, 15) is 0 Å². The number of hydrogen-bond donors (Lipinski definition) is 1. The molecular weight excluding hydrogens is 358 g/mol. The highest BCUT2D eigenvalue weighted by Crippen LogP contribution is 2.35. The second-order valence-corrected chi connectivity index (χ2v) is 7.01. The van der Waals surface area contributed by atoms with Crippen LogP contribution in [0.2, 0.25) is 0 Å². The van der Waals surface area contributed by atoms with Crippen LogP contribution in [0.25, 0.3) is 11.4 Å². The van der Waals surface area contributed by atoms with Crippen molar-refractivity contribution in [3.05, 3.63) is 96.3 Å². The molecule has 0 unspecified atom stereocenters. The van der Waals surface area contributed by atoms with Crippen LogP contribution < -0.4 is 10.2 Å². The van der Waals surface area contributed by atoms with Gasteiger partial charge in [-0.05, 0) is 30.2 Å². The van der Waals surface area contributed by atoms with Gasteiger partial charge in [0.25, 0.3) is 0 Å². The second kappa shape index (κ2) is 7.72. The molecule has 1 aliphatic rings. The molecule has 3 heterocycles. The van der Waals surface area contributed by atoms with Crippen molar-refractivity contribution in [3.63, 3.8) is 0 Å². The Hall–Kier alpha value is -3.73. The van der Waals surface area contributed by atoms with Crippen LogP contribution in [0, 0.1) is 0 Å². The van der Waals surface area contributed by atoms with Crippen molar-refractivity contribution in [2.24, 2.45) is 0 Å². The summed E-state index contributed by atoms with van der Waals surface area (Å²) in [4.78, 5) is 16.3. The summed E-state index contributed by atoms with van der Waals surface area (Å²) in [7, 11) is 0. The maximum atomic E-state index is 4.90. The molecule has 0 aliphatic carbocycles. The van der Waals surface area contributed by atoms with Gasteiger partial charge in [-0.2, -0.15) is 0 Å². The molecule has 5 nitrogen and oxygen atoms in total. The molecule has 0 atom stereocenters. The van der Waals surface area contributed by atoms with E-state index in [1.54, 1.807) is 6.20 Å². The summed E-state index contributed by atoms with van der Waals surface area (Å²) in [5.41, 5.74) is 4.56. The lowest BCUT2D eigenvalue weighted by Gasteiger charge is -2.20. The molecule has 4 aromatic rings. The average Bonchev–Trinajstić information content (AvgIpc) is 3.23. The van der Waals surface area contributed by atoms with E-state index in [0.717, 1.165) is 41.7 Å². The minimum atomic E-state index is 0.613. The zero-order valence-electron chi connectivity index (χ0n) is 16.0. The molecule has 0 bridgehead atoms. The Balaban J connectivity index is 1.52. The first-order valence-corrected chi connectivity index (χ1v) is 9.80. The Labute approximate surface area is 170 Å². The molecule has 0 fully saturated rings. The van der Waals surface area contributed by atoms with Crippen molar-refractivity contribution in [2.75, 3.05) is 16.8 Å². The smallest absolute Gasteiger partial charge is 0.163 e. The molecule has 0 saturated heterocycles. The van der Waals surface area contributed by atoms with Gasteiger partial charge in [0.05, 0.1) is 12.2 Å². The van der Waals surface area contributed by atoms with Crippen LogP contribution in [-0.4, -0.2) is 21.5 Å². The Morgan fingerprint density at radius 1 is 0.862 bits per heavy atom. The van der Waals surface area contributed by atoms with Crippen molar-refractivity contribution in [1.29, 1.82) is 0 Å². The van der Waals surface area contributed by atoms with E-state index in [-0.39, 0.29) is 0 Å². The molecule has 0 radical (unpaired) electrons. The molecule has 0 amide bonds. The molecule has 5 heteroatoms. The summed E-state index contributed by atoms with van der Waals surface area (Å²) in [6.07, 6.45) is 2.83. The molecule has 5 rings (SSSR count). The standard InChI is InChI=1S/C24H21N5/c1-2-9-19(10-3-1)24-27-22(26-17-20-11-6-7-14-25-20)16-23(28-24)29-15-13-18-8-4-5-12-21(18)29/h1-12,14,16H,13,15,17H2,(H,26,27,28). The summed E-state index contributed by atoms with van der Waals surface area (Å²) in [6, 6.07) is 26.6. The average molecular weight is 379 g/mol. The van der Waals surface area contributed by atoms with Crippen molar-refractivity contribution in [1.82, 2.24) is 15.0 Å². The van der Waals surface area contributed by atoms with E-state index in [1.807, 2.05) is 54.6 Å². The molecule has 142 valence electrons. The van der Waals surface area contributed by atoms with Gasteiger partial charge < -0.3 is 10.2 Å². The zero-order valence-corrected chi connectivity index (χ0v) is 16.0. The molecular formula is C24H21N5. The van der Waals surface area contributed by atoms with Gasteiger partial charge in [-0.1, -0.05) is 54.6 Å². The van der Waals surface area contributed by atoms with E-state index < -0.39 is 0 Å². The Kier molecular flexibility index (Phi) is 4.62. The van der Waals surface area contributed by atoms with Crippen molar-refractivity contribution < 1.29 is 0 Å². The predicted molar refractivity (Wildman–Crippen MR) is 116 cm³/mol. The van der Waals surface area contributed by atoms with Crippen LogP contribution in [0.1, 0.15) is 11.3 Å². The van der Waals surface area contributed by atoms with Gasteiger partial charge in [0, 0.05) is 30.1 Å². The predicted octanol–water partition coefficient (Wildman–Crippen LogP) is 4.84. The van der Waals surface area contributed by atoms with Crippen LogP contribution in [0.5, 0.6) is 0 Å². The lowest BCUT2D eigenvalue weighted by molar-refractivity contribution is 0.961. The number of aromatic nitrogens is 3. The molecule has 2 aromatic carbocycles. The Morgan fingerprint density at radius 2 is 1.69 bits per heavy atom. The van der Waals surface area contributed by atoms with Crippen molar-refractivity contribution in [3.8, 4) is 11.4 Å². The SMILES string of the molecule is c1ccc(-c2nc(NCc3ccccn3)cc(N3CCc4ccccc43)n2)cc1. The van der Waals surface area contributed by atoms with Crippen LogP contribution >= 0.6 is 0 Å². The quantitative estimate of drug-likeness (QED) is 0.537. The first kappa shape index (κ1) is 17.4. The number of rotatable bonds is 5. The van der Waals surface area contributed by atoms with Gasteiger partial charge >= 0.3 is 0 Å². The first-order valence-electron chi connectivity index (χ1n) is 9.80. The topological polar surface area (TPSA) is 53.9 Å². The van der Waals surface area contributed by atoms with Crippen molar-refractivity contribution in [2.45, 2.75) is 13.0 Å². The highest BCUT2D eigenvalue weighted by molar-refractivity contribution is 5.71. The van der Waals surface area contributed by atoms with Gasteiger partial charge in [-0.25, -0.2) is 9.97 Å². The largest absolute Gasteiger partial charge is 0.364 e. The Bertz CT molecular complexity index is 1110. The van der Waals surface area contributed by atoms with E-state index >= 15 is 0 Å². The minimum Gasteiger partial charge on any atom is -0.364 e. The number of pyridine rings is 1. The molecule has 0 spiro atoms. The number of anilines is 3. The number of fused-ring (bicyclic) bond motifs is 1. The fourth-order valence-electron chi connectivity index (χ4n) is 3.64. The Morgan fingerprint density at radius 3 is 2.55 bits per heavy atom. The van der Waals surface area contributed by atoms with Gasteiger partial charge in [-0.15, -0.1) is 0 Å². The fourth-order valence-corrected chi connectivity index (χ4v) is 3.64. The maximum Gasteiger partial charge on any atom is 0.163 e. The van der Waals surface area contributed by atoms with E-state index in [0.29, 0.717) is 6.54 Å². The van der Waals surface area contributed by atoms with Gasteiger partial charge in [-0.3, -0.25) is 4.98 Å². The van der Waals surface area contributed by atoms with Crippen LogP contribution in [0.15, 0.2) is 85.1 Å². The van der Waals surface area contributed by atoms with Gasteiger partial charge in [0.2, 0.25) is 0 Å². The van der Waals surface area contributed by atoms with Crippen molar-refractivity contribution >= 4 is 17.3 Å². The number of para-hydroxylation sites is 1. The maximum absolute atomic E-state index is 4.90. The van der Waals surface area contributed by atoms with E-state index in [4.69, 9.17) is 9.97 Å². The lowest BCUT2D eigenvalue weighted by Crippen LogP contribution is -2.16. The summed E-state index contributed by atoms with van der Waals surface area (Å²) >= 11 is 0. The van der Waals surface area contributed by atoms with Gasteiger partial charge in [0.1, 0.15) is 11.6 Å². The summed E-state index contributed by atoms with van der Waals surface area (Å²) in [5.74, 6) is 2.42. The molecule has 2 aromatic heterocycles. The number of nitrogens with one attached hydrogen (secondary N) is 1. The third-order valence-electron chi connectivity index (χ3n) is 5.09. The van der Waals surface area contributed by atoms with Crippen LogP contribution in [0.4, 0.5) is 17.3 Å². The van der Waals surface area contributed by atoms with Gasteiger partial charge in [0.15, 0.2) is 5.82 Å². The number of nitrogens with zero attached hydrogens (tertiary/aromatic N) is 4. The summed E-state index contributed by atoms with van der Waals surface area (Å²) in [5, 5.41) is 3.42. The zero-order chi connectivity index (χ0) is 19.5. The second-order valence-electron chi connectivity index (χ2n) is 7.01. The third-order valence-corrected chi connectivity index (χ3v) is 5.09. The minimum absolute atomic E-state index is 0.613. The normalized spacial score (nSPS) is 12.6. The van der Waals surface area contributed by atoms with Crippen LogP contribution in [-0.2, 0) is 13.0 Å². The molecule has 29 heavy (non-hydrogen) atoms.